The Labute approximate surface area is 123 Å². The van der Waals surface area contributed by atoms with E-state index in [4.69, 9.17) is 0 Å². The second-order valence-corrected chi connectivity index (χ2v) is 5.25. The molecule has 1 amide bonds. The largest absolute Gasteiger partial charge is 0.383 e. The third-order valence-corrected chi connectivity index (χ3v) is 3.56. The molecule has 0 spiro atoms. The highest BCUT2D eigenvalue weighted by Gasteiger charge is 2.12. The van der Waals surface area contributed by atoms with E-state index in [0.29, 0.717) is 6.04 Å². The SMILES string of the molecule is CCCCC(C)Nc1cccc(C(=O)N(CC)CC)c1. The number of hydrogen-bond acceptors (Lipinski definition) is 2. The van der Waals surface area contributed by atoms with Crippen LogP contribution >= 0.6 is 0 Å². The standard InChI is InChI=1S/C17H28N2O/c1-5-8-10-14(4)18-16-12-9-11-15(13-16)17(20)19(6-2)7-3/h9,11-14,18H,5-8,10H2,1-4H3. The Bertz CT molecular complexity index is 413. The molecular formula is C17H28N2O. The number of amides is 1. The van der Waals surface area contributed by atoms with Gasteiger partial charge in [0.05, 0.1) is 0 Å². The molecule has 1 atom stereocenters. The van der Waals surface area contributed by atoms with Gasteiger partial charge in [0, 0.05) is 30.4 Å². The predicted octanol–water partition coefficient (Wildman–Crippen LogP) is 4.16. The second-order valence-electron chi connectivity index (χ2n) is 5.25. The van der Waals surface area contributed by atoms with E-state index in [1.165, 1.54) is 12.8 Å². The van der Waals surface area contributed by atoms with Gasteiger partial charge in [-0.1, -0.05) is 25.8 Å². The van der Waals surface area contributed by atoms with Gasteiger partial charge in [0.2, 0.25) is 0 Å². The van der Waals surface area contributed by atoms with E-state index in [0.717, 1.165) is 30.8 Å². The minimum Gasteiger partial charge on any atom is -0.383 e. The lowest BCUT2D eigenvalue weighted by atomic mass is 10.1. The lowest BCUT2D eigenvalue weighted by Gasteiger charge is -2.20. The monoisotopic (exact) mass is 276 g/mol. The van der Waals surface area contributed by atoms with Gasteiger partial charge in [0.25, 0.3) is 5.91 Å². The molecule has 1 aromatic carbocycles. The number of hydrogen-bond donors (Lipinski definition) is 1. The van der Waals surface area contributed by atoms with Gasteiger partial charge in [0.15, 0.2) is 0 Å². The molecule has 0 saturated carbocycles. The van der Waals surface area contributed by atoms with Crippen LogP contribution in [-0.4, -0.2) is 29.9 Å². The van der Waals surface area contributed by atoms with Gasteiger partial charge in [-0.3, -0.25) is 4.79 Å². The molecule has 0 heterocycles. The van der Waals surface area contributed by atoms with Crippen LogP contribution in [-0.2, 0) is 0 Å². The Hall–Kier alpha value is -1.51. The highest BCUT2D eigenvalue weighted by Crippen LogP contribution is 2.15. The fraction of sp³-hybridized carbons (Fsp3) is 0.588. The second kappa shape index (κ2) is 8.62. The maximum absolute atomic E-state index is 12.3. The topological polar surface area (TPSA) is 32.3 Å². The Morgan fingerprint density at radius 1 is 1.25 bits per heavy atom. The van der Waals surface area contributed by atoms with Crippen molar-refractivity contribution < 1.29 is 4.79 Å². The summed E-state index contributed by atoms with van der Waals surface area (Å²) in [6.45, 7) is 9.91. The fourth-order valence-electron chi connectivity index (χ4n) is 2.30. The maximum Gasteiger partial charge on any atom is 0.253 e. The van der Waals surface area contributed by atoms with Crippen molar-refractivity contribution in [2.45, 2.75) is 53.0 Å². The molecule has 0 aliphatic carbocycles. The molecule has 0 fully saturated rings. The Balaban J connectivity index is 2.72. The van der Waals surface area contributed by atoms with Gasteiger partial charge in [-0.25, -0.2) is 0 Å². The molecule has 3 heteroatoms. The normalized spacial score (nSPS) is 12.0. The predicted molar refractivity (Wildman–Crippen MR) is 86.3 cm³/mol. The van der Waals surface area contributed by atoms with E-state index in [1.807, 2.05) is 43.0 Å². The molecule has 1 N–H and O–H groups in total. The van der Waals surface area contributed by atoms with Gasteiger partial charge < -0.3 is 10.2 Å². The van der Waals surface area contributed by atoms with Gasteiger partial charge in [0.1, 0.15) is 0 Å². The average molecular weight is 276 g/mol. The molecule has 1 unspecified atom stereocenters. The van der Waals surface area contributed by atoms with Crippen LogP contribution in [0, 0.1) is 0 Å². The van der Waals surface area contributed by atoms with Gasteiger partial charge >= 0.3 is 0 Å². The zero-order valence-electron chi connectivity index (χ0n) is 13.3. The molecule has 0 saturated heterocycles. The summed E-state index contributed by atoms with van der Waals surface area (Å²) in [5, 5.41) is 3.48. The van der Waals surface area contributed by atoms with Crippen molar-refractivity contribution in [3.63, 3.8) is 0 Å². The van der Waals surface area contributed by atoms with Crippen LogP contribution in [0.4, 0.5) is 5.69 Å². The van der Waals surface area contributed by atoms with Crippen LogP contribution in [0.15, 0.2) is 24.3 Å². The summed E-state index contributed by atoms with van der Waals surface area (Å²) in [6.07, 6.45) is 3.60. The number of carbonyl (C=O) groups excluding carboxylic acids is 1. The molecule has 1 aromatic rings. The summed E-state index contributed by atoms with van der Waals surface area (Å²) in [6, 6.07) is 8.27. The Kier molecular flexibility index (Phi) is 7.13. The van der Waals surface area contributed by atoms with Crippen LogP contribution in [0.25, 0.3) is 0 Å². The van der Waals surface area contributed by atoms with Crippen LogP contribution in [0.3, 0.4) is 0 Å². The highest BCUT2D eigenvalue weighted by molar-refractivity contribution is 5.95. The molecule has 0 aliphatic heterocycles. The van der Waals surface area contributed by atoms with Crippen molar-refractivity contribution in [2.75, 3.05) is 18.4 Å². The summed E-state index contributed by atoms with van der Waals surface area (Å²) in [4.78, 5) is 14.2. The van der Waals surface area contributed by atoms with Crippen LogP contribution < -0.4 is 5.32 Å². The Morgan fingerprint density at radius 2 is 1.95 bits per heavy atom. The number of unbranched alkanes of at least 4 members (excludes halogenated alkanes) is 1. The highest BCUT2D eigenvalue weighted by atomic mass is 16.2. The van der Waals surface area contributed by atoms with Crippen molar-refractivity contribution >= 4 is 11.6 Å². The number of carbonyl (C=O) groups is 1. The molecule has 3 nitrogen and oxygen atoms in total. The number of nitrogens with one attached hydrogen (secondary N) is 1. The summed E-state index contributed by atoms with van der Waals surface area (Å²) >= 11 is 0. The number of benzene rings is 1. The molecule has 0 aliphatic rings. The zero-order chi connectivity index (χ0) is 15.0. The number of rotatable bonds is 8. The molecule has 0 aromatic heterocycles. The fourth-order valence-corrected chi connectivity index (χ4v) is 2.30. The summed E-state index contributed by atoms with van der Waals surface area (Å²) in [5.74, 6) is 0.111. The lowest BCUT2D eigenvalue weighted by molar-refractivity contribution is 0.0773. The smallest absolute Gasteiger partial charge is 0.253 e. The molecule has 20 heavy (non-hydrogen) atoms. The van der Waals surface area contributed by atoms with Crippen molar-refractivity contribution in [1.29, 1.82) is 0 Å². The lowest BCUT2D eigenvalue weighted by Crippen LogP contribution is -2.30. The minimum atomic E-state index is 0.111. The van der Waals surface area contributed by atoms with Crippen molar-refractivity contribution in [2.24, 2.45) is 0 Å². The van der Waals surface area contributed by atoms with Gasteiger partial charge in [-0.05, 0) is 45.4 Å². The molecule has 0 bridgehead atoms. The third-order valence-electron chi connectivity index (χ3n) is 3.56. The number of anilines is 1. The van der Waals surface area contributed by atoms with E-state index in [1.54, 1.807) is 0 Å². The first-order valence-electron chi connectivity index (χ1n) is 7.78. The first kappa shape index (κ1) is 16.5. The molecule has 0 radical (unpaired) electrons. The quantitative estimate of drug-likeness (QED) is 0.773. The molecule has 112 valence electrons. The maximum atomic E-state index is 12.3. The summed E-state index contributed by atoms with van der Waals surface area (Å²) in [5.41, 5.74) is 1.80. The third kappa shape index (κ3) is 4.87. The van der Waals surface area contributed by atoms with E-state index in [-0.39, 0.29) is 5.91 Å². The van der Waals surface area contributed by atoms with Crippen molar-refractivity contribution in [1.82, 2.24) is 4.90 Å². The van der Waals surface area contributed by atoms with E-state index in [2.05, 4.69) is 19.2 Å². The first-order valence-corrected chi connectivity index (χ1v) is 7.78. The van der Waals surface area contributed by atoms with Gasteiger partial charge in [-0.2, -0.15) is 0 Å². The van der Waals surface area contributed by atoms with Crippen LogP contribution in [0.5, 0.6) is 0 Å². The zero-order valence-corrected chi connectivity index (χ0v) is 13.3. The van der Waals surface area contributed by atoms with E-state index >= 15 is 0 Å². The first-order chi connectivity index (χ1) is 9.62. The van der Waals surface area contributed by atoms with Crippen molar-refractivity contribution in [3.05, 3.63) is 29.8 Å². The van der Waals surface area contributed by atoms with E-state index in [9.17, 15) is 4.79 Å². The van der Waals surface area contributed by atoms with E-state index < -0.39 is 0 Å². The Morgan fingerprint density at radius 3 is 2.55 bits per heavy atom. The van der Waals surface area contributed by atoms with Gasteiger partial charge in [-0.15, -0.1) is 0 Å². The molecule has 1 rings (SSSR count). The summed E-state index contributed by atoms with van der Waals surface area (Å²) < 4.78 is 0. The van der Waals surface area contributed by atoms with Crippen molar-refractivity contribution in [3.8, 4) is 0 Å². The van der Waals surface area contributed by atoms with Crippen LogP contribution in [0.1, 0.15) is 57.3 Å². The molecular weight excluding hydrogens is 248 g/mol. The number of nitrogens with zero attached hydrogens (tertiary/aromatic N) is 1. The van der Waals surface area contributed by atoms with Crippen LogP contribution in [0.2, 0.25) is 0 Å². The average Bonchev–Trinajstić information content (AvgIpc) is 2.46. The minimum absolute atomic E-state index is 0.111. The summed E-state index contributed by atoms with van der Waals surface area (Å²) in [7, 11) is 0.